The van der Waals surface area contributed by atoms with E-state index in [0.717, 1.165) is 0 Å². The van der Waals surface area contributed by atoms with E-state index in [-0.39, 0.29) is 11.7 Å². The zero-order chi connectivity index (χ0) is 13.8. The lowest BCUT2D eigenvalue weighted by Crippen LogP contribution is -2.14. The Hall–Kier alpha value is -2.56. The van der Waals surface area contributed by atoms with Gasteiger partial charge in [0.05, 0.1) is 5.56 Å². The molecule has 2 aromatic carbocycles. The number of nitrogens with two attached hydrogens (primary N) is 1. The second-order valence-corrected chi connectivity index (χ2v) is 3.99. The number of amidine groups is 1. The van der Waals surface area contributed by atoms with E-state index in [9.17, 15) is 4.39 Å². The lowest BCUT2D eigenvalue weighted by atomic mass is 10.2. The van der Waals surface area contributed by atoms with Crippen LogP contribution in [0.1, 0.15) is 11.1 Å². The summed E-state index contributed by atoms with van der Waals surface area (Å²) in [4.78, 5) is 0. The largest absolute Gasteiger partial charge is 0.456 e. The molecule has 0 spiro atoms. The molecule has 0 amide bonds. The van der Waals surface area contributed by atoms with Gasteiger partial charge in [-0.15, -0.1) is 0 Å². The van der Waals surface area contributed by atoms with Crippen molar-refractivity contribution in [1.82, 2.24) is 0 Å². The Bertz CT molecular complexity index is 627. The van der Waals surface area contributed by atoms with Gasteiger partial charge in [0.15, 0.2) is 5.84 Å². The second-order valence-electron chi connectivity index (χ2n) is 3.99. The van der Waals surface area contributed by atoms with E-state index in [1.54, 1.807) is 43.3 Å². The summed E-state index contributed by atoms with van der Waals surface area (Å²) in [5.74, 6) is 0.323. The molecule has 0 heterocycles. The number of hydrogen-bond donors (Lipinski definition) is 2. The maximum Gasteiger partial charge on any atom is 0.173 e. The van der Waals surface area contributed by atoms with Gasteiger partial charge in [-0.05, 0) is 30.7 Å². The van der Waals surface area contributed by atoms with Crippen molar-refractivity contribution in [3.05, 3.63) is 59.4 Å². The van der Waals surface area contributed by atoms with Crippen LogP contribution < -0.4 is 10.5 Å². The summed E-state index contributed by atoms with van der Waals surface area (Å²) in [6.07, 6.45) is 0. The molecule has 19 heavy (non-hydrogen) atoms. The van der Waals surface area contributed by atoms with Gasteiger partial charge in [0, 0.05) is 6.07 Å². The highest BCUT2D eigenvalue weighted by molar-refractivity contribution is 5.99. The first kappa shape index (κ1) is 12.9. The highest BCUT2D eigenvalue weighted by Gasteiger charge is 2.09. The topological polar surface area (TPSA) is 67.8 Å². The first-order valence-electron chi connectivity index (χ1n) is 5.62. The molecule has 0 atom stereocenters. The lowest BCUT2D eigenvalue weighted by Gasteiger charge is -2.10. The zero-order valence-electron chi connectivity index (χ0n) is 10.3. The summed E-state index contributed by atoms with van der Waals surface area (Å²) in [5, 5.41) is 11.6. The van der Waals surface area contributed by atoms with Crippen molar-refractivity contribution in [2.75, 3.05) is 0 Å². The second kappa shape index (κ2) is 5.39. The van der Waals surface area contributed by atoms with E-state index in [4.69, 9.17) is 15.7 Å². The molecular formula is C14H13FN2O2. The predicted molar refractivity (Wildman–Crippen MR) is 70.2 cm³/mol. The summed E-state index contributed by atoms with van der Waals surface area (Å²) in [6.45, 7) is 1.67. The molecule has 0 unspecified atom stereocenters. The smallest absolute Gasteiger partial charge is 0.173 e. The minimum atomic E-state index is -0.348. The fourth-order valence-corrected chi connectivity index (χ4v) is 1.59. The van der Waals surface area contributed by atoms with Crippen LogP contribution in [0, 0.1) is 12.7 Å². The van der Waals surface area contributed by atoms with Crippen LogP contribution in [-0.4, -0.2) is 11.0 Å². The number of benzene rings is 2. The molecule has 5 heteroatoms. The Balaban J connectivity index is 2.35. The third kappa shape index (κ3) is 2.82. The maximum absolute atomic E-state index is 13.4. The molecule has 0 bridgehead atoms. The van der Waals surface area contributed by atoms with Gasteiger partial charge in [-0.25, -0.2) is 4.39 Å². The Morgan fingerprint density at radius 1 is 1.26 bits per heavy atom. The Morgan fingerprint density at radius 3 is 2.68 bits per heavy atom. The van der Waals surface area contributed by atoms with E-state index in [1.807, 2.05) is 0 Å². The molecular weight excluding hydrogens is 247 g/mol. The van der Waals surface area contributed by atoms with Gasteiger partial charge in [-0.1, -0.05) is 23.4 Å². The van der Waals surface area contributed by atoms with Crippen LogP contribution >= 0.6 is 0 Å². The zero-order valence-corrected chi connectivity index (χ0v) is 10.3. The van der Waals surface area contributed by atoms with E-state index in [2.05, 4.69) is 5.16 Å². The molecule has 98 valence electrons. The fourth-order valence-electron chi connectivity index (χ4n) is 1.59. The van der Waals surface area contributed by atoms with Crippen molar-refractivity contribution in [2.24, 2.45) is 10.9 Å². The number of rotatable bonds is 3. The molecule has 0 aliphatic carbocycles. The van der Waals surface area contributed by atoms with E-state index in [0.29, 0.717) is 22.6 Å². The molecule has 0 aliphatic rings. The van der Waals surface area contributed by atoms with Gasteiger partial charge in [-0.3, -0.25) is 0 Å². The third-order valence-corrected chi connectivity index (χ3v) is 2.64. The van der Waals surface area contributed by atoms with Gasteiger partial charge in [0.25, 0.3) is 0 Å². The van der Waals surface area contributed by atoms with Crippen LogP contribution in [0.3, 0.4) is 0 Å². The molecule has 0 saturated carbocycles. The van der Waals surface area contributed by atoms with Crippen molar-refractivity contribution in [1.29, 1.82) is 0 Å². The minimum Gasteiger partial charge on any atom is -0.456 e. The van der Waals surface area contributed by atoms with Crippen LogP contribution in [0.2, 0.25) is 0 Å². The molecule has 0 saturated heterocycles. The number of aryl methyl sites for hydroxylation is 1. The normalized spacial score (nSPS) is 11.4. The summed E-state index contributed by atoms with van der Waals surface area (Å²) < 4.78 is 19.0. The number of nitrogens with zero attached hydrogens (tertiary/aromatic N) is 1. The first-order valence-corrected chi connectivity index (χ1v) is 5.62. The lowest BCUT2D eigenvalue weighted by molar-refractivity contribution is 0.318. The standard InChI is InChI=1S/C14H13FN2O2/c1-9-6-7-10(8-12(9)15)19-13-5-3-2-4-11(13)14(16)17-18/h2-8,18H,1H3,(H2,16,17). The van der Waals surface area contributed by atoms with Crippen molar-refractivity contribution in [3.8, 4) is 11.5 Å². The van der Waals surface area contributed by atoms with E-state index < -0.39 is 0 Å². The maximum atomic E-state index is 13.4. The SMILES string of the molecule is Cc1ccc(Oc2ccccc2/C(N)=N/O)cc1F. The van der Waals surface area contributed by atoms with Crippen LogP contribution in [0.15, 0.2) is 47.6 Å². The molecule has 2 aromatic rings. The summed E-state index contributed by atoms with van der Waals surface area (Å²) in [5.41, 5.74) is 6.52. The quantitative estimate of drug-likeness (QED) is 0.386. The van der Waals surface area contributed by atoms with Crippen molar-refractivity contribution in [3.63, 3.8) is 0 Å². The van der Waals surface area contributed by atoms with Crippen LogP contribution in [-0.2, 0) is 0 Å². The minimum absolute atomic E-state index is 0.0665. The number of halogens is 1. The molecule has 4 nitrogen and oxygen atoms in total. The van der Waals surface area contributed by atoms with E-state index >= 15 is 0 Å². The molecule has 0 radical (unpaired) electrons. The van der Waals surface area contributed by atoms with Gasteiger partial charge in [0.2, 0.25) is 0 Å². The van der Waals surface area contributed by atoms with Crippen molar-refractivity contribution >= 4 is 5.84 Å². The fraction of sp³-hybridized carbons (Fsp3) is 0.0714. The third-order valence-electron chi connectivity index (χ3n) is 2.64. The summed E-state index contributed by atoms with van der Waals surface area (Å²) >= 11 is 0. The Morgan fingerprint density at radius 2 is 2.00 bits per heavy atom. The summed E-state index contributed by atoms with van der Waals surface area (Å²) in [7, 11) is 0. The first-order chi connectivity index (χ1) is 9.11. The average Bonchev–Trinajstić information content (AvgIpc) is 2.43. The van der Waals surface area contributed by atoms with E-state index in [1.165, 1.54) is 6.07 Å². The molecule has 0 fully saturated rings. The highest BCUT2D eigenvalue weighted by Crippen LogP contribution is 2.26. The number of ether oxygens (including phenoxy) is 1. The Labute approximate surface area is 109 Å². The highest BCUT2D eigenvalue weighted by atomic mass is 19.1. The molecule has 3 N–H and O–H groups in total. The molecule has 0 aromatic heterocycles. The van der Waals surface area contributed by atoms with Crippen LogP contribution in [0.25, 0.3) is 0 Å². The summed E-state index contributed by atoms with van der Waals surface area (Å²) in [6, 6.07) is 11.3. The van der Waals surface area contributed by atoms with Crippen molar-refractivity contribution < 1.29 is 14.3 Å². The predicted octanol–water partition coefficient (Wildman–Crippen LogP) is 3.02. The van der Waals surface area contributed by atoms with Crippen molar-refractivity contribution in [2.45, 2.75) is 6.92 Å². The van der Waals surface area contributed by atoms with Gasteiger partial charge < -0.3 is 15.7 Å². The van der Waals surface area contributed by atoms with Crippen LogP contribution in [0.4, 0.5) is 4.39 Å². The van der Waals surface area contributed by atoms with Gasteiger partial charge in [-0.2, -0.15) is 0 Å². The molecule has 2 rings (SSSR count). The average molecular weight is 260 g/mol. The number of oxime groups is 1. The van der Waals surface area contributed by atoms with Gasteiger partial charge >= 0.3 is 0 Å². The monoisotopic (exact) mass is 260 g/mol. The molecule has 0 aliphatic heterocycles. The Kier molecular flexibility index (Phi) is 3.66. The van der Waals surface area contributed by atoms with Gasteiger partial charge in [0.1, 0.15) is 17.3 Å². The number of para-hydroxylation sites is 1. The number of hydrogen-bond acceptors (Lipinski definition) is 3. The van der Waals surface area contributed by atoms with Crippen LogP contribution in [0.5, 0.6) is 11.5 Å².